The van der Waals surface area contributed by atoms with Crippen LogP contribution < -0.4 is 15.8 Å². The van der Waals surface area contributed by atoms with E-state index in [0.717, 1.165) is 5.39 Å². The number of nitrogens with zero attached hydrogens (tertiary/aromatic N) is 2. The van der Waals surface area contributed by atoms with E-state index in [1.54, 1.807) is 35.7 Å². The van der Waals surface area contributed by atoms with Gasteiger partial charge in [0, 0.05) is 16.3 Å². The first-order chi connectivity index (χ1) is 13.7. The Labute approximate surface area is 163 Å². The van der Waals surface area contributed by atoms with Crippen molar-refractivity contribution in [3.63, 3.8) is 0 Å². The SMILES string of the molecule is COc1cccc(/C=N\Nc2nc(-c3cc4ccccc4oc3=O)cs2)c1O. The number of benzene rings is 2. The molecule has 2 aromatic heterocycles. The number of aromatic nitrogens is 1. The van der Waals surface area contributed by atoms with Gasteiger partial charge in [0.2, 0.25) is 5.13 Å². The van der Waals surface area contributed by atoms with Gasteiger partial charge in [0.1, 0.15) is 5.58 Å². The van der Waals surface area contributed by atoms with Gasteiger partial charge in [0.15, 0.2) is 11.5 Å². The number of hydrazone groups is 1. The van der Waals surface area contributed by atoms with Crippen LogP contribution in [0.5, 0.6) is 11.5 Å². The monoisotopic (exact) mass is 393 g/mol. The van der Waals surface area contributed by atoms with Gasteiger partial charge >= 0.3 is 5.63 Å². The van der Waals surface area contributed by atoms with Gasteiger partial charge in [0.05, 0.1) is 24.6 Å². The van der Waals surface area contributed by atoms with E-state index in [1.807, 2.05) is 18.2 Å². The van der Waals surface area contributed by atoms with Crippen molar-refractivity contribution in [1.29, 1.82) is 0 Å². The molecule has 2 aromatic carbocycles. The van der Waals surface area contributed by atoms with E-state index < -0.39 is 5.63 Å². The first-order valence-electron chi connectivity index (χ1n) is 8.29. The predicted octanol–water partition coefficient (Wildman–Crippen LogP) is 4.08. The Bertz CT molecular complexity index is 1230. The van der Waals surface area contributed by atoms with Gasteiger partial charge in [-0.05, 0) is 24.3 Å². The second-order valence-corrected chi connectivity index (χ2v) is 6.65. The third-order valence-corrected chi connectivity index (χ3v) is 4.78. The maximum Gasteiger partial charge on any atom is 0.345 e. The maximum atomic E-state index is 12.2. The number of anilines is 1. The Kier molecular flexibility index (Phi) is 4.77. The van der Waals surface area contributed by atoms with Crippen LogP contribution >= 0.6 is 11.3 Å². The molecule has 0 radical (unpaired) electrons. The average molecular weight is 393 g/mol. The zero-order valence-corrected chi connectivity index (χ0v) is 15.6. The zero-order valence-electron chi connectivity index (χ0n) is 14.7. The van der Waals surface area contributed by atoms with Gasteiger partial charge in [-0.1, -0.05) is 24.3 Å². The van der Waals surface area contributed by atoms with Crippen LogP contribution in [0.4, 0.5) is 5.13 Å². The number of phenols is 1. The number of nitrogens with one attached hydrogen (secondary N) is 1. The van der Waals surface area contributed by atoms with Crippen LogP contribution in [0, 0.1) is 0 Å². The summed E-state index contributed by atoms with van der Waals surface area (Å²) in [5.41, 5.74) is 4.28. The van der Waals surface area contributed by atoms with Crippen molar-refractivity contribution >= 4 is 33.7 Å². The van der Waals surface area contributed by atoms with Gasteiger partial charge in [-0.2, -0.15) is 5.10 Å². The molecule has 0 unspecified atom stereocenters. The number of aromatic hydroxyl groups is 1. The van der Waals surface area contributed by atoms with E-state index in [4.69, 9.17) is 9.15 Å². The van der Waals surface area contributed by atoms with E-state index >= 15 is 0 Å². The summed E-state index contributed by atoms with van der Waals surface area (Å²) in [5.74, 6) is 0.368. The number of ether oxygens (including phenoxy) is 1. The van der Waals surface area contributed by atoms with Crippen LogP contribution in [-0.2, 0) is 0 Å². The van der Waals surface area contributed by atoms with Crippen LogP contribution in [0.25, 0.3) is 22.2 Å². The molecule has 0 spiro atoms. The minimum Gasteiger partial charge on any atom is -0.504 e. The Hall–Kier alpha value is -3.65. The fourth-order valence-electron chi connectivity index (χ4n) is 2.65. The lowest BCUT2D eigenvalue weighted by Gasteiger charge is -2.04. The standard InChI is InChI=1S/C20H15N3O4S/c1-26-17-8-4-6-13(18(17)24)10-21-23-20-22-15(11-28-20)14-9-12-5-2-3-7-16(12)27-19(14)25/h2-11,24H,1H3,(H,22,23)/b21-10-. The number of thiazole rings is 1. The molecular formula is C20H15N3O4S. The summed E-state index contributed by atoms with van der Waals surface area (Å²) in [7, 11) is 1.48. The van der Waals surface area contributed by atoms with E-state index in [-0.39, 0.29) is 5.75 Å². The minimum absolute atomic E-state index is 0.00384. The molecule has 8 heteroatoms. The number of hydrogen-bond acceptors (Lipinski definition) is 8. The summed E-state index contributed by atoms with van der Waals surface area (Å²) in [6.07, 6.45) is 1.46. The number of hydrogen-bond donors (Lipinski definition) is 2. The largest absolute Gasteiger partial charge is 0.504 e. The number of rotatable bonds is 5. The van der Waals surface area contributed by atoms with Crippen LogP contribution in [0.3, 0.4) is 0 Å². The van der Waals surface area contributed by atoms with E-state index in [9.17, 15) is 9.90 Å². The fraction of sp³-hybridized carbons (Fsp3) is 0.0500. The molecule has 0 amide bonds. The molecule has 140 valence electrons. The van der Waals surface area contributed by atoms with Gasteiger partial charge < -0.3 is 14.3 Å². The highest BCUT2D eigenvalue weighted by Gasteiger charge is 2.11. The van der Waals surface area contributed by atoms with Crippen molar-refractivity contribution < 1.29 is 14.3 Å². The Balaban J connectivity index is 1.56. The molecule has 4 rings (SSSR count). The second kappa shape index (κ2) is 7.53. The molecule has 28 heavy (non-hydrogen) atoms. The van der Waals surface area contributed by atoms with E-state index in [1.165, 1.54) is 24.7 Å². The molecule has 0 atom stereocenters. The lowest BCUT2D eigenvalue weighted by Crippen LogP contribution is -2.02. The van der Waals surface area contributed by atoms with Crippen LogP contribution in [0.15, 0.2) is 68.2 Å². The first-order valence-corrected chi connectivity index (χ1v) is 9.17. The Morgan fingerprint density at radius 2 is 2.11 bits per heavy atom. The molecule has 0 bridgehead atoms. The summed E-state index contributed by atoms with van der Waals surface area (Å²) in [6.45, 7) is 0. The zero-order chi connectivity index (χ0) is 19.5. The minimum atomic E-state index is -0.444. The topological polar surface area (TPSA) is 97.0 Å². The highest BCUT2D eigenvalue weighted by Crippen LogP contribution is 2.28. The van der Waals surface area contributed by atoms with E-state index in [0.29, 0.717) is 33.3 Å². The summed E-state index contributed by atoms with van der Waals surface area (Å²) in [4.78, 5) is 16.6. The van der Waals surface area contributed by atoms with Crippen molar-refractivity contribution in [2.75, 3.05) is 12.5 Å². The molecular weight excluding hydrogens is 378 g/mol. The highest BCUT2D eigenvalue weighted by molar-refractivity contribution is 7.14. The fourth-order valence-corrected chi connectivity index (χ4v) is 3.31. The first kappa shape index (κ1) is 17.7. The van der Waals surface area contributed by atoms with E-state index in [2.05, 4.69) is 15.5 Å². The molecule has 0 fully saturated rings. The lowest BCUT2D eigenvalue weighted by atomic mass is 10.1. The molecule has 0 aliphatic rings. The van der Waals surface area contributed by atoms with Gasteiger partial charge in [-0.3, -0.25) is 5.43 Å². The number of phenolic OH excluding ortho intramolecular Hbond substituents is 1. The number of fused-ring (bicyclic) bond motifs is 1. The molecule has 0 aliphatic heterocycles. The van der Waals surface area contributed by atoms with Crippen molar-refractivity contribution in [1.82, 2.24) is 4.98 Å². The van der Waals surface area contributed by atoms with Gasteiger partial charge in [-0.15, -0.1) is 11.3 Å². The third-order valence-electron chi connectivity index (χ3n) is 4.04. The lowest BCUT2D eigenvalue weighted by molar-refractivity contribution is 0.373. The smallest absolute Gasteiger partial charge is 0.345 e. The molecule has 0 aliphatic carbocycles. The molecule has 7 nitrogen and oxygen atoms in total. The molecule has 0 saturated carbocycles. The Morgan fingerprint density at radius 1 is 1.25 bits per heavy atom. The second-order valence-electron chi connectivity index (χ2n) is 5.79. The van der Waals surface area contributed by atoms with Crippen molar-refractivity contribution in [3.05, 3.63) is 69.9 Å². The predicted molar refractivity (Wildman–Crippen MR) is 109 cm³/mol. The summed E-state index contributed by atoms with van der Waals surface area (Å²) in [6, 6.07) is 14.2. The van der Waals surface area contributed by atoms with Crippen LogP contribution in [0.1, 0.15) is 5.56 Å². The number of methoxy groups -OCH3 is 1. The summed E-state index contributed by atoms with van der Waals surface area (Å²) < 4.78 is 10.4. The maximum absolute atomic E-state index is 12.2. The molecule has 4 aromatic rings. The van der Waals surface area contributed by atoms with Gasteiger partial charge in [0.25, 0.3) is 0 Å². The quantitative estimate of drug-likeness (QED) is 0.301. The van der Waals surface area contributed by atoms with Crippen molar-refractivity contribution in [2.45, 2.75) is 0 Å². The third kappa shape index (κ3) is 3.45. The molecule has 2 heterocycles. The van der Waals surface area contributed by atoms with Crippen molar-refractivity contribution in [3.8, 4) is 22.8 Å². The Morgan fingerprint density at radius 3 is 2.96 bits per heavy atom. The number of para-hydroxylation sites is 2. The summed E-state index contributed by atoms with van der Waals surface area (Å²) in [5, 5.41) is 17.2. The summed E-state index contributed by atoms with van der Waals surface area (Å²) >= 11 is 1.30. The molecule has 0 saturated heterocycles. The normalized spacial score (nSPS) is 11.2. The van der Waals surface area contributed by atoms with Crippen LogP contribution in [-0.4, -0.2) is 23.4 Å². The highest BCUT2D eigenvalue weighted by atomic mass is 32.1. The van der Waals surface area contributed by atoms with Gasteiger partial charge in [-0.25, -0.2) is 9.78 Å². The van der Waals surface area contributed by atoms with Crippen molar-refractivity contribution in [2.24, 2.45) is 5.10 Å². The molecule has 2 N–H and O–H groups in total. The average Bonchev–Trinajstić information content (AvgIpc) is 3.17. The van der Waals surface area contributed by atoms with Crippen LogP contribution in [0.2, 0.25) is 0 Å².